The molecule has 3 N–H and O–H groups in total. The molecule has 8 nitrogen and oxygen atoms in total. The third kappa shape index (κ3) is 2.95. The van der Waals surface area contributed by atoms with E-state index in [0.717, 1.165) is 0 Å². The van der Waals surface area contributed by atoms with Gasteiger partial charge >= 0.3 is 11.7 Å². The average Bonchev–Trinajstić information content (AvgIpc) is 2.19. The second-order valence-electron chi connectivity index (χ2n) is 2.77. The molecule has 0 aliphatic carbocycles. The number of nitrogens with one attached hydrogen (secondary N) is 1. The molecule has 0 saturated heterocycles. The molecule has 0 radical (unpaired) electrons. The average molecular weight is 264 g/mol. The second kappa shape index (κ2) is 4.84. The third-order valence-electron chi connectivity index (χ3n) is 1.69. The number of hydrogen-bond acceptors (Lipinski definition) is 4. The molecule has 0 fully saturated rings. The Morgan fingerprint density at radius 3 is 2.53 bits per heavy atom. The predicted octanol–water partition coefficient (Wildman–Crippen LogP) is 0.981. The summed E-state index contributed by atoms with van der Waals surface area (Å²) < 4.78 is 33.9. The fraction of sp³-hybridized carbons (Fsp3) is 0. The Morgan fingerprint density at radius 1 is 1.53 bits per heavy atom. The van der Waals surface area contributed by atoms with E-state index in [-0.39, 0.29) is 0 Å². The van der Waals surface area contributed by atoms with Crippen molar-refractivity contribution in [2.45, 2.75) is 0 Å². The van der Waals surface area contributed by atoms with Crippen LogP contribution in [0.3, 0.4) is 0 Å². The Kier molecular flexibility index (Phi) is 3.70. The molecule has 0 spiro atoms. The second-order valence-corrected chi connectivity index (χ2v) is 3.47. The van der Waals surface area contributed by atoms with E-state index >= 15 is 0 Å². The first-order chi connectivity index (χ1) is 7.82. The lowest BCUT2D eigenvalue weighted by Gasteiger charge is -2.05. The number of rotatable bonds is 4. The van der Waals surface area contributed by atoms with Crippen LogP contribution in [0.15, 0.2) is 12.1 Å². The Balaban J connectivity index is 3.42. The monoisotopic (exact) mass is 264 g/mol. The maximum absolute atomic E-state index is 13.4. The van der Waals surface area contributed by atoms with Gasteiger partial charge in [-0.3, -0.25) is 19.4 Å². The molecule has 1 aromatic rings. The Hall–Kier alpha value is -2.07. The zero-order valence-electron chi connectivity index (χ0n) is 7.92. The van der Waals surface area contributed by atoms with Gasteiger partial charge in [-0.2, -0.15) is 4.39 Å². The zero-order chi connectivity index (χ0) is 13.2. The van der Waals surface area contributed by atoms with Crippen molar-refractivity contribution in [3.05, 3.63) is 33.6 Å². The summed E-state index contributed by atoms with van der Waals surface area (Å²) in [5, 5.41) is 19.1. The molecule has 1 rings (SSSR count). The van der Waals surface area contributed by atoms with E-state index in [4.69, 9.17) is 9.66 Å². The smallest absolute Gasteiger partial charge is 0.336 e. The number of hydrogen-bond donors (Lipinski definition) is 3. The molecule has 92 valence electrons. The Bertz CT molecular complexity index is 519. The molecule has 0 saturated carbocycles. The zero-order valence-corrected chi connectivity index (χ0v) is 8.73. The first-order valence-electron chi connectivity index (χ1n) is 3.91. The van der Waals surface area contributed by atoms with Gasteiger partial charge in [0.1, 0.15) is 0 Å². The van der Waals surface area contributed by atoms with Crippen LogP contribution in [0.25, 0.3) is 0 Å². The van der Waals surface area contributed by atoms with Crippen molar-refractivity contribution in [3.63, 3.8) is 0 Å². The molecule has 0 aromatic heterocycles. The van der Waals surface area contributed by atoms with Crippen LogP contribution in [0.1, 0.15) is 10.4 Å². The molecule has 1 aromatic carbocycles. The van der Waals surface area contributed by atoms with Gasteiger partial charge in [0.15, 0.2) is 0 Å². The van der Waals surface area contributed by atoms with Gasteiger partial charge in [0.05, 0.1) is 16.2 Å². The largest absolute Gasteiger partial charge is 0.478 e. The summed E-state index contributed by atoms with van der Waals surface area (Å²) >= 11 is -2.68. The third-order valence-corrected chi connectivity index (χ3v) is 2.09. The maximum Gasteiger partial charge on any atom is 0.336 e. The van der Waals surface area contributed by atoms with Crippen LogP contribution in [-0.4, -0.2) is 24.8 Å². The summed E-state index contributed by atoms with van der Waals surface area (Å²) in [7, 11) is 0. The van der Waals surface area contributed by atoms with Crippen LogP contribution in [-0.2, 0) is 11.3 Å². The van der Waals surface area contributed by atoms with Gasteiger partial charge in [-0.25, -0.2) is 9.00 Å². The number of nitro benzene ring substituents is 1. The van der Waals surface area contributed by atoms with Crippen molar-refractivity contribution in [1.29, 1.82) is 0 Å². The summed E-state index contributed by atoms with van der Waals surface area (Å²) in [5.41, 5.74) is -2.42. The molecule has 1 unspecified atom stereocenters. The minimum atomic E-state index is -2.68. The highest BCUT2D eigenvalue weighted by molar-refractivity contribution is 7.80. The highest BCUT2D eigenvalue weighted by Gasteiger charge is 2.22. The number of aromatic carboxylic acids is 1. The number of benzene rings is 1. The predicted molar refractivity (Wildman–Crippen MR) is 54.4 cm³/mol. The number of carboxylic acid groups (broad SMARTS) is 1. The molecule has 10 heteroatoms. The minimum absolute atomic E-state index is 0.517. The first-order valence-corrected chi connectivity index (χ1v) is 5.02. The molecule has 0 aliphatic rings. The lowest BCUT2D eigenvalue weighted by atomic mass is 10.1. The Morgan fingerprint density at radius 2 is 2.12 bits per heavy atom. The van der Waals surface area contributed by atoms with Gasteiger partial charge < -0.3 is 5.11 Å². The number of anilines is 1. The SMILES string of the molecule is O=C(O)c1cc(NS(=O)O)c(F)c([N+](=O)[O-])c1. The topological polar surface area (TPSA) is 130 Å². The molecule has 1 atom stereocenters. The van der Waals surface area contributed by atoms with Crippen LogP contribution in [0.2, 0.25) is 0 Å². The van der Waals surface area contributed by atoms with E-state index in [1.54, 1.807) is 4.72 Å². The van der Waals surface area contributed by atoms with Crippen molar-refractivity contribution >= 4 is 28.6 Å². The quantitative estimate of drug-likeness (QED) is 0.422. The molecular formula is C7H5FN2O6S. The standard InChI is InChI=1S/C7H5FN2O6S/c8-6-4(9-17(15)16)1-3(7(11)12)2-5(6)10(13)14/h1-2,9H,(H,11,12)(H,15,16). The maximum atomic E-state index is 13.4. The van der Waals surface area contributed by atoms with Gasteiger partial charge in [0.25, 0.3) is 11.3 Å². The van der Waals surface area contributed by atoms with Crippen LogP contribution in [0.4, 0.5) is 15.8 Å². The van der Waals surface area contributed by atoms with Gasteiger partial charge in [-0.1, -0.05) is 0 Å². The van der Waals surface area contributed by atoms with Gasteiger partial charge in [-0.05, 0) is 6.07 Å². The summed E-state index contributed by atoms with van der Waals surface area (Å²) in [6.45, 7) is 0. The van der Waals surface area contributed by atoms with E-state index in [1.165, 1.54) is 0 Å². The van der Waals surface area contributed by atoms with Crippen LogP contribution in [0.5, 0.6) is 0 Å². The Labute approximate surface area is 95.6 Å². The number of nitrogens with zero attached hydrogens (tertiary/aromatic N) is 1. The highest BCUT2D eigenvalue weighted by Crippen LogP contribution is 2.27. The van der Waals surface area contributed by atoms with E-state index in [9.17, 15) is 23.5 Å². The van der Waals surface area contributed by atoms with E-state index in [2.05, 4.69) is 0 Å². The van der Waals surface area contributed by atoms with Gasteiger partial charge in [0.2, 0.25) is 5.82 Å². The van der Waals surface area contributed by atoms with Gasteiger partial charge in [-0.15, -0.1) is 0 Å². The molecule has 0 aliphatic heterocycles. The first kappa shape index (κ1) is 13.0. The van der Waals surface area contributed by atoms with E-state index in [0.29, 0.717) is 12.1 Å². The normalized spacial score (nSPS) is 11.9. The van der Waals surface area contributed by atoms with Crippen molar-refractivity contribution in [2.75, 3.05) is 4.72 Å². The number of nitro groups is 1. The summed E-state index contributed by atoms with van der Waals surface area (Å²) in [4.78, 5) is 19.9. The molecular weight excluding hydrogens is 259 g/mol. The number of carboxylic acids is 1. The van der Waals surface area contributed by atoms with Crippen molar-refractivity contribution in [3.8, 4) is 0 Å². The van der Waals surface area contributed by atoms with E-state index < -0.39 is 44.9 Å². The fourth-order valence-electron chi connectivity index (χ4n) is 1.03. The van der Waals surface area contributed by atoms with Crippen molar-refractivity contribution in [1.82, 2.24) is 0 Å². The summed E-state index contributed by atoms with van der Waals surface area (Å²) in [6, 6.07) is 1.20. The fourth-order valence-corrected chi connectivity index (χ4v) is 1.37. The van der Waals surface area contributed by atoms with Crippen LogP contribution < -0.4 is 4.72 Å². The van der Waals surface area contributed by atoms with Crippen molar-refractivity contribution < 1.29 is 28.0 Å². The lowest BCUT2D eigenvalue weighted by Crippen LogP contribution is -2.08. The lowest BCUT2D eigenvalue weighted by molar-refractivity contribution is -0.387. The molecule has 17 heavy (non-hydrogen) atoms. The number of carbonyl (C=O) groups is 1. The van der Waals surface area contributed by atoms with Crippen LogP contribution >= 0.6 is 0 Å². The summed E-state index contributed by atoms with van der Waals surface area (Å²) in [6.07, 6.45) is 0. The minimum Gasteiger partial charge on any atom is -0.478 e. The molecule has 0 bridgehead atoms. The van der Waals surface area contributed by atoms with Crippen molar-refractivity contribution in [2.24, 2.45) is 0 Å². The molecule has 0 heterocycles. The van der Waals surface area contributed by atoms with Crippen LogP contribution in [0, 0.1) is 15.9 Å². The van der Waals surface area contributed by atoms with Gasteiger partial charge in [0, 0.05) is 6.07 Å². The molecule has 0 amide bonds. The summed E-state index contributed by atoms with van der Waals surface area (Å²) in [5.74, 6) is -2.94. The van der Waals surface area contributed by atoms with E-state index in [1.807, 2.05) is 0 Å². The highest BCUT2D eigenvalue weighted by atomic mass is 32.2. The number of halogens is 1.